The second-order valence-electron chi connectivity index (χ2n) is 10.6. The maximum Gasteiger partial charge on any atom is 0.332 e. The molecule has 12 nitrogen and oxygen atoms in total. The first-order valence-corrected chi connectivity index (χ1v) is 13.3. The van der Waals surface area contributed by atoms with Gasteiger partial charge in [-0.2, -0.15) is 0 Å². The van der Waals surface area contributed by atoms with Gasteiger partial charge in [-0.1, -0.05) is 46.0 Å². The molecule has 2 aliphatic rings. The molecule has 3 atom stereocenters. The van der Waals surface area contributed by atoms with E-state index in [9.17, 15) is 39.0 Å². The summed E-state index contributed by atoms with van der Waals surface area (Å²) >= 11 is 0. The highest BCUT2D eigenvalue weighted by molar-refractivity contribution is 6.04. The third-order valence-corrected chi connectivity index (χ3v) is 7.04. The van der Waals surface area contributed by atoms with Gasteiger partial charge in [0.1, 0.15) is 18.1 Å². The highest BCUT2D eigenvalue weighted by atomic mass is 16.4. The van der Waals surface area contributed by atoms with Gasteiger partial charge in [-0.3, -0.25) is 24.0 Å². The molecular formula is C26H40N4O8. The predicted molar refractivity (Wildman–Crippen MR) is 136 cm³/mol. The van der Waals surface area contributed by atoms with E-state index in [2.05, 4.69) is 16.0 Å². The molecule has 2 aliphatic carbocycles. The van der Waals surface area contributed by atoms with E-state index >= 15 is 0 Å². The summed E-state index contributed by atoms with van der Waals surface area (Å²) in [6, 6.07) is -3.65. The maximum absolute atomic E-state index is 13.4. The molecule has 0 aliphatic heterocycles. The summed E-state index contributed by atoms with van der Waals surface area (Å²) in [6.45, 7) is 3.65. The Labute approximate surface area is 222 Å². The highest BCUT2D eigenvalue weighted by Gasteiger charge is 2.34. The van der Waals surface area contributed by atoms with Crippen molar-refractivity contribution in [2.75, 3.05) is 0 Å². The molecule has 0 heterocycles. The van der Waals surface area contributed by atoms with Crippen molar-refractivity contribution in [3.05, 3.63) is 11.1 Å². The van der Waals surface area contributed by atoms with E-state index in [1.807, 2.05) is 13.8 Å². The lowest BCUT2D eigenvalue weighted by Crippen LogP contribution is -2.57. The van der Waals surface area contributed by atoms with Crippen LogP contribution in [0, 0.1) is 11.8 Å². The number of nitrogens with two attached hydrogens (primary N) is 1. The molecule has 7 N–H and O–H groups in total. The molecule has 2 rings (SSSR count). The first-order chi connectivity index (χ1) is 17.9. The zero-order chi connectivity index (χ0) is 28.4. The topological polar surface area (TPSA) is 205 Å². The molecule has 1 saturated carbocycles. The Morgan fingerprint density at radius 1 is 0.816 bits per heavy atom. The first-order valence-electron chi connectivity index (χ1n) is 13.3. The molecule has 212 valence electrons. The molecule has 0 aromatic heterocycles. The standard InChI is InChI=1S/C26H40N4O8/c1-14(2)11-18(22(27)33)28-25(36)20(13-21(31)32)30-24(35)19(12-15-7-4-3-5-8-15)29-23(34)16-9-6-10-17(16)26(37)38/h14-15,18-20H,3-13H2,1-2H3,(H2,27,33)(H,28,36)(H,29,34)(H,30,35)(H,31,32)(H,37,38)/t18-,19-,20-/m0/s1. The summed E-state index contributed by atoms with van der Waals surface area (Å²) < 4.78 is 0. The lowest BCUT2D eigenvalue weighted by atomic mass is 9.84. The van der Waals surface area contributed by atoms with Gasteiger partial charge in [0, 0.05) is 11.1 Å². The Morgan fingerprint density at radius 2 is 1.39 bits per heavy atom. The third kappa shape index (κ3) is 9.46. The van der Waals surface area contributed by atoms with E-state index in [0.717, 1.165) is 32.1 Å². The smallest absolute Gasteiger partial charge is 0.332 e. The number of aliphatic carboxylic acids is 2. The summed E-state index contributed by atoms with van der Waals surface area (Å²) in [5.74, 6) is -5.44. The molecule has 0 radical (unpaired) electrons. The highest BCUT2D eigenvalue weighted by Crippen LogP contribution is 2.29. The molecule has 12 heteroatoms. The van der Waals surface area contributed by atoms with Crippen LogP contribution in [-0.2, 0) is 28.8 Å². The van der Waals surface area contributed by atoms with Crippen molar-refractivity contribution in [3.8, 4) is 0 Å². The number of carboxylic acids is 2. The van der Waals surface area contributed by atoms with Gasteiger partial charge in [0.2, 0.25) is 23.6 Å². The minimum atomic E-state index is -1.51. The predicted octanol–water partition coefficient (Wildman–Crippen LogP) is 0.982. The average molecular weight is 537 g/mol. The Kier molecular flexibility index (Phi) is 11.7. The van der Waals surface area contributed by atoms with Gasteiger partial charge in [-0.15, -0.1) is 0 Å². The van der Waals surface area contributed by atoms with Crippen LogP contribution in [0.5, 0.6) is 0 Å². The van der Waals surface area contributed by atoms with Crippen molar-refractivity contribution in [1.82, 2.24) is 16.0 Å². The molecular weight excluding hydrogens is 496 g/mol. The van der Waals surface area contributed by atoms with E-state index in [1.54, 1.807) is 0 Å². The number of carboxylic acid groups (broad SMARTS) is 2. The van der Waals surface area contributed by atoms with E-state index < -0.39 is 60.1 Å². The van der Waals surface area contributed by atoms with Crippen LogP contribution >= 0.6 is 0 Å². The number of hydrogen-bond acceptors (Lipinski definition) is 6. The molecule has 38 heavy (non-hydrogen) atoms. The van der Waals surface area contributed by atoms with E-state index in [4.69, 9.17) is 5.73 Å². The van der Waals surface area contributed by atoms with Crippen LogP contribution in [0.3, 0.4) is 0 Å². The van der Waals surface area contributed by atoms with Crippen LogP contribution < -0.4 is 21.7 Å². The van der Waals surface area contributed by atoms with Crippen LogP contribution in [-0.4, -0.2) is 63.9 Å². The Morgan fingerprint density at radius 3 is 1.95 bits per heavy atom. The van der Waals surface area contributed by atoms with Crippen LogP contribution in [0.25, 0.3) is 0 Å². The van der Waals surface area contributed by atoms with Gasteiger partial charge in [-0.25, -0.2) is 4.79 Å². The summed E-state index contributed by atoms with van der Waals surface area (Å²) in [5.41, 5.74) is 5.53. The van der Waals surface area contributed by atoms with Gasteiger partial charge in [0.05, 0.1) is 6.42 Å². The lowest BCUT2D eigenvalue weighted by Gasteiger charge is -2.28. The Hall–Kier alpha value is -3.44. The molecule has 0 unspecified atom stereocenters. The van der Waals surface area contributed by atoms with Crippen LogP contribution in [0.4, 0.5) is 0 Å². The number of primary amides is 1. The van der Waals surface area contributed by atoms with E-state index in [1.165, 1.54) is 0 Å². The minimum absolute atomic E-state index is 0.0102. The molecule has 1 fully saturated rings. The molecule has 0 spiro atoms. The Bertz CT molecular complexity index is 955. The number of carbonyl (C=O) groups is 6. The monoisotopic (exact) mass is 536 g/mol. The quantitative estimate of drug-likeness (QED) is 0.188. The Balaban J connectivity index is 2.23. The number of carbonyl (C=O) groups excluding carboxylic acids is 4. The molecule has 0 aromatic carbocycles. The van der Waals surface area contributed by atoms with Crippen LogP contribution in [0.1, 0.15) is 84.5 Å². The first kappa shape index (κ1) is 30.8. The fourth-order valence-corrected chi connectivity index (χ4v) is 5.11. The van der Waals surface area contributed by atoms with E-state index in [-0.39, 0.29) is 48.7 Å². The van der Waals surface area contributed by atoms with Crippen molar-refractivity contribution in [3.63, 3.8) is 0 Å². The van der Waals surface area contributed by atoms with Crippen LogP contribution in [0.2, 0.25) is 0 Å². The fourth-order valence-electron chi connectivity index (χ4n) is 5.11. The largest absolute Gasteiger partial charge is 0.481 e. The molecule has 0 saturated heterocycles. The van der Waals surface area contributed by atoms with Crippen molar-refractivity contribution in [2.45, 2.75) is 103 Å². The minimum Gasteiger partial charge on any atom is -0.481 e. The van der Waals surface area contributed by atoms with E-state index in [0.29, 0.717) is 6.42 Å². The fraction of sp³-hybridized carbons (Fsp3) is 0.692. The summed E-state index contributed by atoms with van der Waals surface area (Å²) in [7, 11) is 0. The number of nitrogens with one attached hydrogen (secondary N) is 3. The van der Waals surface area contributed by atoms with Crippen molar-refractivity contribution >= 4 is 35.6 Å². The van der Waals surface area contributed by atoms with Crippen molar-refractivity contribution in [1.29, 1.82) is 0 Å². The number of rotatable bonds is 14. The van der Waals surface area contributed by atoms with Gasteiger partial charge < -0.3 is 31.9 Å². The van der Waals surface area contributed by atoms with Gasteiger partial charge in [0.15, 0.2) is 0 Å². The van der Waals surface area contributed by atoms with Gasteiger partial charge in [-0.05, 0) is 43.9 Å². The third-order valence-electron chi connectivity index (χ3n) is 7.04. The molecule has 0 aromatic rings. The summed E-state index contributed by atoms with van der Waals surface area (Å²) in [6.07, 6.45) is 5.57. The van der Waals surface area contributed by atoms with Crippen LogP contribution in [0.15, 0.2) is 11.1 Å². The zero-order valence-electron chi connectivity index (χ0n) is 22.1. The zero-order valence-corrected chi connectivity index (χ0v) is 22.1. The second kappa shape index (κ2) is 14.5. The average Bonchev–Trinajstić information content (AvgIpc) is 3.33. The van der Waals surface area contributed by atoms with Crippen molar-refractivity contribution in [2.24, 2.45) is 17.6 Å². The number of amides is 4. The normalized spacial score (nSPS) is 18.4. The molecule has 0 bridgehead atoms. The summed E-state index contributed by atoms with van der Waals surface area (Å²) in [4.78, 5) is 74.1. The lowest BCUT2D eigenvalue weighted by molar-refractivity contribution is -0.141. The van der Waals surface area contributed by atoms with Crippen molar-refractivity contribution < 1.29 is 39.0 Å². The van der Waals surface area contributed by atoms with Gasteiger partial charge >= 0.3 is 11.9 Å². The second-order valence-corrected chi connectivity index (χ2v) is 10.6. The summed E-state index contributed by atoms with van der Waals surface area (Å²) in [5, 5.41) is 26.3. The number of hydrogen-bond donors (Lipinski definition) is 6. The SMILES string of the molecule is CC(C)C[C@H](NC(=O)[C@H](CC(=O)O)NC(=O)[C@H](CC1CCCCC1)NC(=O)C1=C(C(=O)O)CCC1)C(N)=O. The molecule has 4 amide bonds. The van der Waals surface area contributed by atoms with Gasteiger partial charge in [0.25, 0.3) is 0 Å². The maximum atomic E-state index is 13.4.